The Balaban J connectivity index is 2.00. The van der Waals surface area contributed by atoms with E-state index in [-0.39, 0.29) is 5.41 Å². The van der Waals surface area contributed by atoms with E-state index in [1.807, 2.05) is 0 Å². The molecule has 28 heavy (non-hydrogen) atoms. The first-order valence-corrected chi connectivity index (χ1v) is 10.3. The quantitative estimate of drug-likeness (QED) is 0.430. The van der Waals surface area contributed by atoms with E-state index in [1.165, 1.54) is 50.4 Å². The average Bonchev–Trinajstić information content (AvgIpc) is 2.78. The zero-order valence-electron chi connectivity index (χ0n) is 18.1. The van der Waals surface area contributed by atoms with Crippen LogP contribution in [0.2, 0.25) is 0 Å². The monoisotopic (exact) mass is 369 g/mol. The molecule has 1 heterocycles. The number of rotatable bonds is 1. The Morgan fingerprint density at radius 2 is 1.32 bits per heavy atom. The van der Waals surface area contributed by atoms with Gasteiger partial charge in [-0.1, -0.05) is 68.8 Å². The molecule has 0 saturated heterocycles. The standard InChI is InChI=1S/C27H31N/c1-18-11-14-25-22(15-18)13-12-21-9-7-8-10-24(21)28(25)26-19(2)16-23(17-20(26)3)27(4,5)6/h7-11,14-17H,12-13H2,1-6H3. The number of aryl methyl sites for hydroxylation is 5. The van der Waals surface area contributed by atoms with Gasteiger partial charge in [-0.05, 0) is 79.0 Å². The minimum Gasteiger partial charge on any atom is -0.309 e. The molecule has 0 aromatic heterocycles. The lowest BCUT2D eigenvalue weighted by Crippen LogP contribution is -2.17. The van der Waals surface area contributed by atoms with Crippen molar-refractivity contribution in [1.82, 2.24) is 0 Å². The third kappa shape index (κ3) is 3.24. The van der Waals surface area contributed by atoms with Gasteiger partial charge in [0.2, 0.25) is 0 Å². The van der Waals surface area contributed by atoms with Gasteiger partial charge in [0.05, 0.1) is 5.69 Å². The fraction of sp³-hybridized carbons (Fsp3) is 0.333. The Morgan fingerprint density at radius 3 is 2.00 bits per heavy atom. The molecule has 1 nitrogen and oxygen atoms in total. The maximum absolute atomic E-state index is 2.51. The van der Waals surface area contributed by atoms with Crippen LogP contribution < -0.4 is 4.90 Å². The van der Waals surface area contributed by atoms with Gasteiger partial charge >= 0.3 is 0 Å². The summed E-state index contributed by atoms with van der Waals surface area (Å²) in [6, 6.07) is 20.6. The number of nitrogens with zero attached hydrogens (tertiary/aromatic N) is 1. The highest BCUT2D eigenvalue weighted by atomic mass is 15.2. The van der Waals surface area contributed by atoms with Gasteiger partial charge in [-0.2, -0.15) is 0 Å². The molecule has 0 amide bonds. The van der Waals surface area contributed by atoms with Crippen molar-refractivity contribution in [2.24, 2.45) is 0 Å². The van der Waals surface area contributed by atoms with Gasteiger partial charge in [0.25, 0.3) is 0 Å². The van der Waals surface area contributed by atoms with Gasteiger partial charge in [-0.15, -0.1) is 0 Å². The number of hydrogen-bond donors (Lipinski definition) is 0. The highest BCUT2D eigenvalue weighted by Crippen LogP contribution is 2.45. The molecule has 0 unspecified atom stereocenters. The molecular formula is C27H31N. The van der Waals surface area contributed by atoms with E-state index in [0.29, 0.717) is 0 Å². The summed E-state index contributed by atoms with van der Waals surface area (Å²) < 4.78 is 0. The van der Waals surface area contributed by atoms with Crippen LogP contribution in [0.25, 0.3) is 0 Å². The van der Waals surface area contributed by atoms with Crippen LogP contribution in [-0.2, 0) is 18.3 Å². The van der Waals surface area contributed by atoms with Crippen molar-refractivity contribution in [3.8, 4) is 0 Å². The van der Waals surface area contributed by atoms with Crippen molar-refractivity contribution in [3.63, 3.8) is 0 Å². The van der Waals surface area contributed by atoms with Crippen LogP contribution in [0.15, 0.2) is 54.6 Å². The Hall–Kier alpha value is -2.54. The molecule has 0 aliphatic carbocycles. The minimum absolute atomic E-state index is 0.153. The molecule has 1 aliphatic rings. The first-order chi connectivity index (χ1) is 13.3. The van der Waals surface area contributed by atoms with Crippen LogP contribution in [0.3, 0.4) is 0 Å². The van der Waals surface area contributed by atoms with Crippen molar-refractivity contribution in [3.05, 3.63) is 88.0 Å². The van der Waals surface area contributed by atoms with Crippen LogP contribution >= 0.6 is 0 Å². The van der Waals surface area contributed by atoms with Gasteiger partial charge in [-0.3, -0.25) is 0 Å². The molecule has 1 aliphatic heterocycles. The molecule has 0 saturated carbocycles. The van der Waals surface area contributed by atoms with E-state index in [9.17, 15) is 0 Å². The predicted molar refractivity (Wildman–Crippen MR) is 121 cm³/mol. The number of fused-ring (bicyclic) bond motifs is 2. The normalized spacial score (nSPS) is 13.7. The maximum atomic E-state index is 2.51. The second-order valence-electron chi connectivity index (χ2n) is 9.30. The lowest BCUT2D eigenvalue weighted by atomic mass is 9.84. The van der Waals surface area contributed by atoms with E-state index in [1.54, 1.807) is 0 Å². The molecular weight excluding hydrogens is 338 g/mol. The van der Waals surface area contributed by atoms with Crippen LogP contribution in [0.5, 0.6) is 0 Å². The third-order valence-electron chi connectivity index (χ3n) is 5.95. The van der Waals surface area contributed by atoms with Crippen molar-refractivity contribution in [2.45, 2.75) is 59.8 Å². The van der Waals surface area contributed by atoms with Gasteiger partial charge in [0.15, 0.2) is 0 Å². The summed E-state index contributed by atoms with van der Waals surface area (Å²) in [7, 11) is 0. The van der Waals surface area contributed by atoms with E-state index in [0.717, 1.165) is 12.8 Å². The molecule has 0 atom stereocenters. The third-order valence-corrected chi connectivity index (χ3v) is 5.95. The fourth-order valence-corrected chi connectivity index (χ4v) is 4.45. The van der Waals surface area contributed by atoms with Gasteiger partial charge in [0.1, 0.15) is 0 Å². The highest BCUT2D eigenvalue weighted by molar-refractivity contribution is 5.84. The van der Waals surface area contributed by atoms with Gasteiger partial charge in [-0.25, -0.2) is 0 Å². The van der Waals surface area contributed by atoms with E-state index >= 15 is 0 Å². The summed E-state index contributed by atoms with van der Waals surface area (Å²) in [5.41, 5.74) is 12.4. The topological polar surface area (TPSA) is 3.24 Å². The Labute approximate surface area is 170 Å². The maximum Gasteiger partial charge on any atom is 0.0520 e. The van der Waals surface area contributed by atoms with Crippen LogP contribution in [0, 0.1) is 20.8 Å². The Bertz CT molecular complexity index is 1010. The zero-order valence-corrected chi connectivity index (χ0v) is 18.1. The summed E-state index contributed by atoms with van der Waals surface area (Å²) in [5, 5.41) is 0. The van der Waals surface area contributed by atoms with Crippen LogP contribution in [0.1, 0.15) is 54.2 Å². The molecule has 144 valence electrons. The molecule has 0 spiro atoms. The largest absolute Gasteiger partial charge is 0.309 e. The van der Waals surface area contributed by atoms with Crippen LogP contribution in [-0.4, -0.2) is 0 Å². The minimum atomic E-state index is 0.153. The summed E-state index contributed by atoms with van der Waals surface area (Å²) in [4.78, 5) is 2.51. The zero-order chi connectivity index (χ0) is 20.1. The molecule has 4 rings (SSSR count). The van der Waals surface area contributed by atoms with Crippen molar-refractivity contribution in [1.29, 1.82) is 0 Å². The lowest BCUT2D eigenvalue weighted by molar-refractivity contribution is 0.589. The summed E-state index contributed by atoms with van der Waals surface area (Å²) in [6.07, 6.45) is 2.17. The molecule has 3 aromatic rings. The van der Waals surface area contributed by atoms with E-state index in [2.05, 4.69) is 101 Å². The summed E-state index contributed by atoms with van der Waals surface area (Å²) in [6.45, 7) is 13.6. The second kappa shape index (κ2) is 6.81. The fourth-order valence-electron chi connectivity index (χ4n) is 4.45. The van der Waals surface area contributed by atoms with E-state index < -0.39 is 0 Å². The first kappa shape index (κ1) is 18.8. The predicted octanol–water partition coefficient (Wildman–Crippen LogP) is 7.48. The van der Waals surface area contributed by atoms with Crippen molar-refractivity contribution >= 4 is 17.1 Å². The second-order valence-corrected chi connectivity index (χ2v) is 9.30. The molecule has 0 bridgehead atoms. The molecule has 0 fully saturated rings. The van der Waals surface area contributed by atoms with Crippen molar-refractivity contribution in [2.75, 3.05) is 4.90 Å². The Morgan fingerprint density at radius 1 is 0.714 bits per heavy atom. The highest BCUT2D eigenvalue weighted by Gasteiger charge is 2.25. The number of para-hydroxylation sites is 1. The first-order valence-electron chi connectivity index (χ1n) is 10.3. The molecule has 1 heteroatoms. The number of hydrogen-bond acceptors (Lipinski definition) is 1. The van der Waals surface area contributed by atoms with Crippen molar-refractivity contribution < 1.29 is 0 Å². The number of anilines is 3. The smallest absolute Gasteiger partial charge is 0.0520 e. The SMILES string of the molecule is Cc1ccc2c(c1)CCc1ccccc1N2c1c(C)cc(C(C)(C)C)cc1C. The molecule has 0 N–H and O–H groups in total. The lowest BCUT2D eigenvalue weighted by Gasteiger charge is -2.32. The summed E-state index contributed by atoms with van der Waals surface area (Å²) in [5.74, 6) is 0. The van der Waals surface area contributed by atoms with Gasteiger partial charge in [0, 0.05) is 11.4 Å². The van der Waals surface area contributed by atoms with E-state index in [4.69, 9.17) is 0 Å². The van der Waals surface area contributed by atoms with Gasteiger partial charge < -0.3 is 4.90 Å². The Kier molecular flexibility index (Phi) is 4.57. The summed E-state index contributed by atoms with van der Waals surface area (Å²) >= 11 is 0. The molecule has 0 radical (unpaired) electrons. The number of benzene rings is 3. The van der Waals surface area contributed by atoms with Crippen LogP contribution in [0.4, 0.5) is 17.1 Å². The average molecular weight is 370 g/mol. The molecule has 3 aromatic carbocycles.